The Morgan fingerprint density at radius 2 is 1.91 bits per heavy atom. The fourth-order valence-electron chi connectivity index (χ4n) is 2.69. The van der Waals surface area contributed by atoms with E-state index in [-0.39, 0.29) is 0 Å². The van der Waals surface area contributed by atoms with E-state index in [1.165, 1.54) is 10.6 Å². The molecule has 0 aromatic heterocycles. The van der Waals surface area contributed by atoms with Gasteiger partial charge in [-0.3, -0.25) is 9.69 Å². The molecule has 1 unspecified atom stereocenters. The summed E-state index contributed by atoms with van der Waals surface area (Å²) in [4.78, 5) is 13.6. The molecular weight excluding hydrogens is 372 g/mol. The topological polar surface area (TPSA) is 77.9 Å². The van der Waals surface area contributed by atoms with E-state index in [4.69, 9.17) is 0 Å². The van der Waals surface area contributed by atoms with Gasteiger partial charge in [0, 0.05) is 30.7 Å². The Hall–Kier alpha value is -0.960. The second-order valence-corrected chi connectivity index (χ2v) is 8.15. The molecule has 1 aliphatic rings. The maximum absolute atomic E-state index is 11.7. The molecule has 0 radical (unpaired) electrons. The van der Waals surface area contributed by atoms with Crippen molar-refractivity contribution in [1.29, 1.82) is 0 Å². The second-order valence-electron chi connectivity index (χ2n) is 5.31. The predicted octanol–water partition coefficient (Wildman–Crippen LogP) is 1.54. The van der Waals surface area contributed by atoms with Crippen LogP contribution in [0.1, 0.15) is 18.0 Å². The number of hydrogen-bond donors (Lipinski definition) is 1. The maximum Gasteiger partial charge on any atom is 0.325 e. The standard InChI is InChI=1S/C14H19BrN2O4S/c1-22(20,21)17-8-4-7-16(9-10-17)13(14(18)19)11-5-2-3-6-12(11)15/h2-3,5-6,13H,4,7-10H2,1H3,(H,18,19). The third kappa shape index (κ3) is 4.07. The van der Waals surface area contributed by atoms with Crippen LogP contribution in [-0.2, 0) is 14.8 Å². The number of carboxylic acids is 1. The summed E-state index contributed by atoms with van der Waals surface area (Å²) in [6.07, 6.45) is 1.80. The Morgan fingerprint density at radius 3 is 2.50 bits per heavy atom. The van der Waals surface area contributed by atoms with E-state index < -0.39 is 22.0 Å². The molecule has 1 saturated heterocycles. The Morgan fingerprint density at radius 1 is 1.23 bits per heavy atom. The first-order chi connectivity index (χ1) is 10.3. The molecule has 0 aliphatic carbocycles. The molecule has 0 spiro atoms. The maximum atomic E-state index is 11.7. The third-order valence-corrected chi connectivity index (χ3v) is 5.78. The highest BCUT2D eigenvalue weighted by Crippen LogP contribution is 2.29. The highest BCUT2D eigenvalue weighted by atomic mass is 79.9. The van der Waals surface area contributed by atoms with Gasteiger partial charge in [-0.2, -0.15) is 0 Å². The number of hydrogen-bond acceptors (Lipinski definition) is 4. The van der Waals surface area contributed by atoms with Gasteiger partial charge in [0.2, 0.25) is 10.0 Å². The van der Waals surface area contributed by atoms with Gasteiger partial charge in [0.15, 0.2) is 0 Å². The molecule has 22 heavy (non-hydrogen) atoms. The quantitative estimate of drug-likeness (QED) is 0.843. The van der Waals surface area contributed by atoms with E-state index >= 15 is 0 Å². The molecule has 0 amide bonds. The van der Waals surface area contributed by atoms with Crippen LogP contribution in [0.3, 0.4) is 0 Å². The van der Waals surface area contributed by atoms with Crippen molar-refractivity contribution in [1.82, 2.24) is 9.21 Å². The van der Waals surface area contributed by atoms with Crippen LogP contribution in [0.2, 0.25) is 0 Å². The molecule has 0 bridgehead atoms. The van der Waals surface area contributed by atoms with Crippen molar-refractivity contribution >= 4 is 31.9 Å². The van der Waals surface area contributed by atoms with Gasteiger partial charge >= 0.3 is 5.97 Å². The number of benzene rings is 1. The molecule has 6 nitrogen and oxygen atoms in total. The zero-order chi connectivity index (χ0) is 16.3. The first-order valence-electron chi connectivity index (χ1n) is 6.97. The molecule has 2 rings (SSSR count). The van der Waals surface area contributed by atoms with Crippen LogP contribution in [0.4, 0.5) is 0 Å². The molecule has 122 valence electrons. The van der Waals surface area contributed by atoms with Crippen LogP contribution in [0.5, 0.6) is 0 Å². The van der Waals surface area contributed by atoms with Gasteiger partial charge in [0.25, 0.3) is 0 Å². The fraction of sp³-hybridized carbons (Fsp3) is 0.500. The number of nitrogens with zero attached hydrogens (tertiary/aromatic N) is 2. The fourth-order valence-corrected chi connectivity index (χ4v) is 4.06. The average Bonchev–Trinajstić information content (AvgIpc) is 2.66. The lowest BCUT2D eigenvalue weighted by molar-refractivity contribution is -0.143. The largest absolute Gasteiger partial charge is 0.480 e. The van der Waals surface area contributed by atoms with E-state index in [2.05, 4.69) is 15.9 Å². The van der Waals surface area contributed by atoms with Crippen molar-refractivity contribution in [2.75, 3.05) is 32.4 Å². The molecule has 0 saturated carbocycles. The third-order valence-electron chi connectivity index (χ3n) is 3.76. The van der Waals surface area contributed by atoms with Crippen LogP contribution in [0.15, 0.2) is 28.7 Å². The highest BCUT2D eigenvalue weighted by molar-refractivity contribution is 9.10. The van der Waals surface area contributed by atoms with E-state index in [1.54, 1.807) is 12.1 Å². The Labute approximate surface area is 138 Å². The van der Waals surface area contributed by atoms with Gasteiger partial charge in [0.05, 0.1) is 6.26 Å². The van der Waals surface area contributed by atoms with E-state index in [0.29, 0.717) is 38.2 Å². The average molecular weight is 391 g/mol. The summed E-state index contributed by atoms with van der Waals surface area (Å²) < 4.78 is 25.5. The Bertz CT molecular complexity index is 650. The minimum atomic E-state index is -3.24. The SMILES string of the molecule is CS(=O)(=O)N1CCCN(C(C(=O)O)c2ccccc2Br)CC1. The van der Waals surface area contributed by atoms with E-state index in [0.717, 1.165) is 4.47 Å². The summed E-state index contributed by atoms with van der Waals surface area (Å²) in [6.45, 7) is 1.68. The summed E-state index contributed by atoms with van der Waals surface area (Å²) in [7, 11) is -3.24. The van der Waals surface area contributed by atoms with Crippen LogP contribution in [0.25, 0.3) is 0 Å². The number of carbonyl (C=O) groups is 1. The molecule has 1 N–H and O–H groups in total. The molecule has 1 heterocycles. The van der Waals surface area contributed by atoms with Crippen molar-refractivity contribution in [3.05, 3.63) is 34.3 Å². The Balaban J connectivity index is 2.24. The van der Waals surface area contributed by atoms with Crippen LogP contribution in [-0.4, -0.2) is 61.1 Å². The van der Waals surface area contributed by atoms with Gasteiger partial charge in [0.1, 0.15) is 6.04 Å². The van der Waals surface area contributed by atoms with Gasteiger partial charge in [-0.05, 0) is 18.1 Å². The molecule has 1 aromatic rings. The number of halogens is 1. The van der Waals surface area contributed by atoms with Crippen molar-refractivity contribution in [3.8, 4) is 0 Å². The number of sulfonamides is 1. The molecule has 1 aromatic carbocycles. The molecule has 8 heteroatoms. The van der Waals surface area contributed by atoms with E-state index in [1.807, 2.05) is 17.0 Å². The summed E-state index contributed by atoms with van der Waals surface area (Å²) in [5, 5.41) is 9.63. The lowest BCUT2D eigenvalue weighted by Crippen LogP contribution is -2.38. The molecule has 1 atom stereocenters. The van der Waals surface area contributed by atoms with Gasteiger partial charge in [-0.1, -0.05) is 34.1 Å². The van der Waals surface area contributed by atoms with Crippen molar-refractivity contribution in [3.63, 3.8) is 0 Å². The Kier molecular flexibility index (Phi) is 5.60. The van der Waals surface area contributed by atoms with Gasteiger partial charge in [-0.15, -0.1) is 0 Å². The first-order valence-corrected chi connectivity index (χ1v) is 9.61. The van der Waals surface area contributed by atoms with Crippen LogP contribution < -0.4 is 0 Å². The minimum Gasteiger partial charge on any atom is -0.480 e. The predicted molar refractivity (Wildman–Crippen MR) is 87.1 cm³/mol. The van der Waals surface area contributed by atoms with Gasteiger partial charge < -0.3 is 5.11 Å². The van der Waals surface area contributed by atoms with Crippen molar-refractivity contribution in [2.45, 2.75) is 12.5 Å². The first kappa shape index (κ1) is 17.4. The monoisotopic (exact) mass is 390 g/mol. The minimum absolute atomic E-state index is 0.313. The van der Waals surface area contributed by atoms with Crippen molar-refractivity contribution < 1.29 is 18.3 Å². The van der Waals surface area contributed by atoms with Crippen LogP contribution in [0, 0.1) is 0 Å². The van der Waals surface area contributed by atoms with Crippen LogP contribution >= 0.6 is 15.9 Å². The molecule has 1 aliphatic heterocycles. The van der Waals surface area contributed by atoms with Gasteiger partial charge in [-0.25, -0.2) is 12.7 Å². The number of carboxylic acid groups (broad SMARTS) is 1. The summed E-state index contributed by atoms with van der Waals surface area (Å²) in [5.41, 5.74) is 0.683. The lowest BCUT2D eigenvalue weighted by Gasteiger charge is -2.28. The summed E-state index contributed by atoms with van der Waals surface area (Å²) >= 11 is 3.40. The lowest BCUT2D eigenvalue weighted by atomic mass is 10.1. The van der Waals surface area contributed by atoms with Crippen molar-refractivity contribution in [2.24, 2.45) is 0 Å². The number of aliphatic carboxylic acids is 1. The number of rotatable bonds is 4. The summed E-state index contributed by atoms with van der Waals surface area (Å²) in [6, 6.07) is 6.44. The smallest absolute Gasteiger partial charge is 0.325 e. The molecule has 1 fully saturated rings. The van der Waals surface area contributed by atoms with E-state index in [9.17, 15) is 18.3 Å². The zero-order valence-electron chi connectivity index (χ0n) is 12.3. The summed E-state index contributed by atoms with van der Waals surface area (Å²) in [5.74, 6) is -0.931. The normalized spacial score (nSPS) is 19.5. The zero-order valence-corrected chi connectivity index (χ0v) is 14.7. The highest BCUT2D eigenvalue weighted by Gasteiger charge is 2.31. The second kappa shape index (κ2) is 7.08. The molecular formula is C14H19BrN2O4S.